The summed E-state index contributed by atoms with van der Waals surface area (Å²) in [6, 6.07) is 7.32. The summed E-state index contributed by atoms with van der Waals surface area (Å²) in [5.74, 6) is -2.04. The van der Waals surface area contributed by atoms with Crippen LogP contribution in [0, 0.1) is 17.8 Å². The number of imide groups is 1. The predicted octanol–water partition coefficient (Wildman–Crippen LogP) is 2.90. The van der Waals surface area contributed by atoms with Crippen LogP contribution in [0.2, 0.25) is 0 Å². The zero-order chi connectivity index (χ0) is 24.9. The summed E-state index contributed by atoms with van der Waals surface area (Å²) in [5, 5.41) is 9.31. The maximum absolute atomic E-state index is 13.5. The van der Waals surface area contributed by atoms with Crippen molar-refractivity contribution in [2.75, 3.05) is 19.8 Å². The number of aliphatic hydroxyl groups is 1. The fourth-order valence-corrected chi connectivity index (χ4v) is 6.23. The first kappa shape index (κ1) is 23.4. The summed E-state index contributed by atoms with van der Waals surface area (Å²) in [4.78, 5) is 54.5. The third-order valence-corrected chi connectivity index (χ3v) is 7.68. The second-order valence-electron chi connectivity index (χ2n) is 9.67. The van der Waals surface area contributed by atoms with Gasteiger partial charge in [0, 0.05) is 34.7 Å². The quantitative estimate of drug-likeness (QED) is 0.386. The number of amides is 2. The second kappa shape index (κ2) is 9.04. The van der Waals surface area contributed by atoms with Crippen LogP contribution in [0.25, 0.3) is 0 Å². The number of rotatable bonds is 6. The van der Waals surface area contributed by atoms with Crippen LogP contribution in [0.3, 0.4) is 0 Å². The molecule has 5 rings (SSSR count). The van der Waals surface area contributed by atoms with Crippen molar-refractivity contribution in [2.45, 2.75) is 39.0 Å². The molecule has 3 aliphatic carbocycles. The summed E-state index contributed by atoms with van der Waals surface area (Å²) < 4.78 is 5.82. The highest BCUT2D eigenvalue weighted by Gasteiger charge is 2.56. The number of hydrogen-bond donors (Lipinski definition) is 1. The SMILES string of the molecule is CCCN1C(=O)[C@H]2[C@H](CC=C3[C@H](c4ccccc4OCCO)C4=C(C[C@H]32)C(=O)C=C(C)C4=O)C1=O. The molecule has 1 aromatic carbocycles. The number of ether oxygens (including phenoxy) is 1. The number of nitrogens with zero attached hydrogens (tertiary/aromatic N) is 1. The van der Waals surface area contributed by atoms with Crippen LogP contribution >= 0.6 is 0 Å². The number of ketones is 2. The zero-order valence-electron chi connectivity index (χ0n) is 20.0. The lowest BCUT2D eigenvalue weighted by Gasteiger charge is -2.42. The summed E-state index contributed by atoms with van der Waals surface area (Å²) in [5.41, 5.74) is 2.89. The lowest BCUT2D eigenvalue weighted by atomic mass is 9.59. The molecule has 1 fully saturated rings. The Kier molecular flexibility index (Phi) is 6.05. The van der Waals surface area contributed by atoms with Crippen LogP contribution < -0.4 is 4.74 Å². The molecular weight excluding hydrogens is 446 g/mol. The standard InChI is InChI=1S/C28H29NO6/c1-3-10-29-27(33)18-9-8-16-19(24(18)28(29)34)14-20-21(31)13-15(2)26(32)25(20)23(16)17-6-4-5-7-22(17)35-12-11-30/h4-8,13,18-19,23-24,30H,3,9-12,14H2,1-2H3/t18-,19+,23+,24-/m0/s1. The van der Waals surface area contributed by atoms with E-state index in [1.54, 1.807) is 13.0 Å². The van der Waals surface area contributed by atoms with E-state index in [0.29, 0.717) is 41.9 Å². The van der Waals surface area contributed by atoms with Crippen molar-refractivity contribution < 1.29 is 29.0 Å². The molecule has 7 nitrogen and oxygen atoms in total. The van der Waals surface area contributed by atoms with Gasteiger partial charge in [0.25, 0.3) is 0 Å². The van der Waals surface area contributed by atoms with Gasteiger partial charge in [0.1, 0.15) is 12.4 Å². The van der Waals surface area contributed by atoms with Gasteiger partial charge in [-0.2, -0.15) is 0 Å². The molecule has 182 valence electrons. The van der Waals surface area contributed by atoms with Gasteiger partial charge in [0.05, 0.1) is 18.4 Å². The Hall–Kier alpha value is -3.32. The van der Waals surface area contributed by atoms with Gasteiger partial charge in [-0.3, -0.25) is 24.1 Å². The average molecular weight is 476 g/mol. The van der Waals surface area contributed by atoms with Gasteiger partial charge >= 0.3 is 0 Å². The van der Waals surface area contributed by atoms with Gasteiger partial charge in [-0.1, -0.05) is 36.8 Å². The van der Waals surface area contributed by atoms with Crippen molar-refractivity contribution in [2.24, 2.45) is 17.8 Å². The molecule has 0 saturated carbocycles. The normalized spacial score (nSPS) is 27.9. The monoisotopic (exact) mass is 475 g/mol. The van der Waals surface area contributed by atoms with E-state index in [1.807, 2.05) is 31.2 Å². The lowest BCUT2D eigenvalue weighted by molar-refractivity contribution is -0.140. The fraction of sp³-hybridized carbons (Fsp3) is 0.429. The molecule has 4 aliphatic rings. The number of Topliss-reactive ketones (excluding diaryl/α,β-unsaturated/α-hetero) is 1. The van der Waals surface area contributed by atoms with E-state index in [0.717, 1.165) is 11.1 Å². The summed E-state index contributed by atoms with van der Waals surface area (Å²) in [6.07, 6.45) is 4.77. The largest absolute Gasteiger partial charge is 0.491 e. The van der Waals surface area contributed by atoms with E-state index >= 15 is 0 Å². The van der Waals surface area contributed by atoms with Crippen molar-refractivity contribution >= 4 is 23.4 Å². The minimum atomic E-state index is -0.553. The first-order valence-electron chi connectivity index (χ1n) is 12.3. The molecular formula is C28H29NO6. The Bertz CT molecular complexity index is 1220. The van der Waals surface area contributed by atoms with Gasteiger partial charge in [-0.25, -0.2) is 0 Å². The highest BCUT2D eigenvalue weighted by molar-refractivity contribution is 6.23. The van der Waals surface area contributed by atoms with Crippen LogP contribution in [-0.4, -0.2) is 53.1 Å². The smallest absolute Gasteiger partial charge is 0.233 e. The zero-order valence-corrected chi connectivity index (χ0v) is 20.0. The molecule has 1 aromatic rings. The molecule has 0 unspecified atom stereocenters. The maximum Gasteiger partial charge on any atom is 0.233 e. The van der Waals surface area contributed by atoms with E-state index in [1.165, 1.54) is 11.0 Å². The second-order valence-corrected chi connectivity index (χ2v) is 9.67. The minimum Gasteiger partial charge on any atom is -0.491 e. The molecule has 1 N–H and O–H groups in total. The van der Waals surface area contributed by atoms with E-state index in [-0.39, 0.29) is 48.9 Å². The highest BCUT2D eigenvalue weighted by atomic mass is 16.5. The minimum absolute atomic E-state index is 0.0909. The molecule has 4 atom stereocenters. The number of carbonyl (C=O) groups is 4. The predicted molar refractivity (Wildman–Crippen MR) is 127 cm³/mol. The van der Waals surface area contributed by atoms with Crippen molar-refractivity contribution in [3.63, 3.8) is 0 Å². The number of fused-ring (bicyclic) bond motifs is 3. The third-order valence-electron chi connectivity index (χ3n) is 7.68. The van der Waals surface area contributed by atoms with Gasteiger partial charge in [0.2, 0.25) is 11.8 Å². The van der Waals surface area contributed by atoms with Crippen molar-refractivity contribution in [1.29, 1.82) is 0 Å². The molecule has 35 heavy (non-hydrogen) atoms. The number of allylic oxidation sites excluding steroid dienone is 6. The third kappa shape index (κ3) is 3.60. The number of hydrogen-bond acceptors (Lipinski definition) is 6. The van der Waals surface area contributed by atoms with Crippen LogP contribution in [0.5, 0.6) is 5.75 Å². The number of benzene rings is 1. The molecule has 0 radical (unpaired) electrons. The van der Waals surface area contributed by atoms with Gasteiger partial charge in [-0.15, -0.1) is 0 Å². The van der Waals surface area contributed by atoms with E-state index in [4.69, 9.17) is 4.74 Å². The van der Waals surface area contributed by atoms with Crippen LogP contribution in [0.15, 0.2) is 58.7 Å². The number of para-hydroxylation sites is 1. The van der Waals surface area contributed by atoms with Crippen LogP contribution in [-0.2, 0) is 19.2 Å². The fourth-order valence-electron chi connectivity index (χ4n) is 6.23. The number of aliphatic hydroxyl groups excluding tert-OH is 1. The van der Waals surface area contributed by atoms with Crippen LogP contribution in [0.1, 0.15) is 44.6 Å². The molecule has 1 aliphatic heterocycles. The Morgan fingerprint density at radius 2 is 1.86 bits per heavy atom. The molecule has 1 heterocycles. The molecule has 2 amide bonds. The summed E-state index contributed by atoms with van der Waals surface area (Å²) in [6.45, 7) is 3.90. The van der Waals surface area contributed by atoms with Crippen molar-refractivity contribution in [3.8, 4) is 5.75 Å². The van der Waals surface area contributed by atoms with E-state index in [9.17, 15) is 24.3 Å². The van der Waals surface area contributed by atoms with Crippen molar-refractivity contribution in [1.82, 2.24) is 4.90 Å². The molecule has 0 bridgehead atoms. The van der Waals surface area contributed by atoms with E-state index < -0.39 is 17.8 Å². The summed E-state index contributed by atoms with van der Waals surface area (Å²) in [7, 11) is 0. The van der Waals surface area contributed by atoms with E-state index in [2.05, 4.69) is 0 Å². The number of carbonyl (C=O) groups excluding carboxylic acids is 4. The van der Waals surface area contributed by atoms with Crippen molar-refractivity contribution in [3.05, 3.63) is 64.3 Å². The maximum atomic E-state index is 13.5. The Morgan fingerprint density at radius 1 is 1.09 bits per heavy atom. The Balaban J connectivity index is 1.67. The lowest BCUT2D eigenvalue weighted by Crippen LogP contribution is -2.40. The molecule has 7 heteroatoms. The summed E-state index contributed by atoms with van der Waals surface area (Å²) >= 11 is 0. The molecule has 0 spiro atoms. The van der Waals surface area contributed by atoms with Crippen LogP contribution in [0.4, 0.5) is 0 Å². The first-order valence-corrected chi connectivity index (χ1v) is 12.3. The first-order chi connectivity index (χ1) is 16.9. The Labute approximate surface area is 204 Å². The molecule has 0 aromatic heterocycles. The van der Waals surface area contributed by atoms with Gasteiger partial charge in [-0.05, 0) is 44.2 Å². The topological polar surface area (TPSA) is 101 Å². The highest BCUT2D eigenvalue weighted by Crippen LogP contribution is 2.56. The van der Waals surface area contributed by atoms with Gasteiger partial charge < -0.3 is 9.84 Å². The molecule has 1 saturated heterocycles. The Morgan fingerprint density at radius 3 is 2.60 bits per heavy atom. The average Bonchev–Trinajstić information content (AvgIpc) is 3.10. The number of likely N-dealkylation sites (tertiary alicyclic amines) is 1. The van der Waals surface area contributed by atoms with Gasteiger partial charge in [0.15, 0.2) is 11.6 Å².